The Balaban J connectivity index is 1.38. The minimum atomic E-state index is -3.63. The highest BCUT2D eigenvalue weighted by Gasteiger charge is 2.31. The summed E-state index contributed by atoms with van der Waals surface area (Å²) in [4.78, 5) is 18.3. The van der Waals surface area contributed by atoms with E-state index in [1.54, 1.807) is 104 Å². The Hall–Kier alpha value is -5.92. The molecule has 0 unspecified atom stereocenters. The van der Waals surface area contributed by atoms with E-state index in [9.17, 15) is 18.3 Å². The molecule has 0 saturated carbocycles. The number of fused-ring (bicyclic) bond motifs is 8. The van der Waals surface area contributed by atoms with E-state index >= 15 is 0 Å². The minimum Gasteiger partial charge on any atom is -0.354 e. The molecule has 0 saturated heterocycles. The van der Waals surface area contributed by atoms with Gasteiger partial charge in [-0.3, -0.25) is 18.3 Å². The average molecular weight is 1160 g/mol. The smallest absolute Gasteiger partial charge is 0.354 e. The number of aromatic amines is 2. The van der Waals surface area contributed by atoms with E-state index < -0.39 is 30.4 Å². The molecule has 0 fully saturated rings. The second-order valence-corrected chi connectivity index (χ2v) is 26.1. The van der Waals surface area contributed by atoms with Crippen LogP contribution in [0.2, 0.25) is 0 Å². The van der Waals surface area contributed by atoms with Crippen LogP contribution in [0.1, 0.15) is 78.2 Å². The predicted molar refractivity (Wildman–Crippen MR) is 323 cm³/mol. The van der Waals surface area contributed by atoms with Crippen LogP contribution in [0.15, 0.2) is 121 Å². The Morgan fingerprint density at radius 1 is 0.287 bits per heavy atom. The van der Waals surface area contributed by atoms with E-state index in [1.165, 1.54) is 0 Å². The van der Waals surface area contributed by atoms with Crippen molar-refractivity contribution in [2.75, 3.05) is 52.9 Å². The SMILES string of the molecule is CCOP(=O)(OCC)c1ccc(-c2c3nc(c(-c4ccc(P(=O)(OCC)OCC)cc4)c4ccc([nH]4)c(-c4ccc(P(=O)(OCC)OCC)cc4)c4nc(c(-c5ccc(P(=O)(OCC)OCC)cc5)c5ccc2[nH]5)C=C4)C=C3)cc1. The first-order valence-corrected chi connectivity index (χ1v) is 33.0. The zero-order valence-corrected chi connectivity index (χ0v) is 49.7. The van der Waals surface area contributed by atoms with Gasteiger partial charge < -0.3 is 46.2 Å². The first-order valence-electron chi connectivity index (χ1n) is 26.9. The van der Waals surface area contributed by atoms with Crippen molar-refractivity contribution in [2.45, 2.75) is 55.4 Å². The van der Waals surface area contributed by atoms with Gasteiger partial charge in [0.2, 0.25) is 0 Å². The number of benzene rings is 4. The fourth-order valence-electron chi connectivity index (χ4n) is 9.77. The highest BCUT2D eigenvalue weighted by atomic mass is 31.2. The van der Waals surface area contributed by atoms with Crippen molar-refractivity contribution in [3.8, 4) is 44.5 Å². The Morgan fingerprint density at radius 3 is 0.625 bits per heavy atom. The number of nitrogens with one attached hydrogen (secondary N) is 2. The third kappa shape index (κ3) is 12.0. The average Bonchev–Trinajstić information content (AvgIpc) is 4.42. The molecule has 20 heteroatoms. The van der Waals surface area contributed by atoms with Crippen LogP contribution in [0.4, 0.5) is 0 Å². The molecule has 80 heavy (non-hydrogen) atoms. The topological polar surface area (TPSA) is 199 Å². The lowest BCUT2D eigenvalue weighted by molar-refractivity contribution is 0.229. The molecule has 0 spiro atoms. The number of aromatic nitrogens is 4. The fourth-order valence-corrected chi connectivity index (χ4v) is 16.0. The number of nitrogens with zero attached hydrogens (tertiary/aromatic N) is 2. The fraction of sp³-hybridized carbons (Fsp3) is 0.267. The van der Waals surface area contributed by atoms with Crippen LogP contribution < -0.4 is 21.2 Å². The van der Waals surface area contributed by atoms with Gasteiger partial charge in [0.25, 0.3) is 0 Å². The standard InChI is InChI=1S/C60H66N4O12P4/c1-9-69-77(65,70-10-2)45-25-17-41(18-26-45)57-49-33-35-51(61-49)58(42-19-27-46(28-20-42)78(66,71-11-3)72-12-4)53-37-39-55(63-53)60(44-23-31-48(32-24-44)80(68,75-15-7)76-16-8)56-40-38-54(64-56)59(52-36-34-50(57)62-52)43-21-29-47(30-22-43)79(67,73-13-5)74-14-6/h17-40,61,64H,9-16H2,1-8H3. The van der Waals surface area contributed by atoms with Crippen LogP contribution in [0.5, 0.6) is 0 Å². The van der Waals surface area contributed by atoms with Crippen LogP contribution in [-0.4, -0.2) is 72.8 Å². The zero-order valence-electron chi connectivity index (χ0n) is 46.1. The van der Waals surface area contributed by atoms with E-state index in [4.69, 9.17) is 46.2 Å². The summed E-state index contributed by atoms with van der Waals surface area (Å²) in [5, 5.41) is 1.67. The predicted octanol–water partition coefficient (Wildman–Crippen LogP) is 14.9. The summed E-state index contributed by atoms with van der Waals surface area (Å²) in [5.74, 6) is 0. The second kappa shape index (κ2) is 25.5. The molecular formula is C60H66N4O12P4. The molecule has 7 aromatic rings. The lowest BCUT2D eigenvalue weighted by Crippen LogP contribution is -2.10. The molecule has 0 atom stereocenters. The summed E-state index contributed by atoms with van der Waals surface area (Å²) in [5.41, 5.74) is 11.3. The van der Waals surface area contributed by atoms with Crippen LogP contribution in [0, 0.1) is 0 Å². The van der Waals surface area contributed by atoms with Crippen LogP contribution in [-0.2, 0) is 54.5 Å². The van der Waals surface area contributed by atoms with Gasteiger partial charge in [0.05, 0.1) is 96.8 Å². The maximum atomic E-state index is 14.0. The maximum absolute atomic E-state index is 14.0. The van der Waals surface area contributed by atoms with E-state index in [2.05, 4.69) is 9.97 Å². The summed E-state index contributed by atoms with van der Waals surface area (Å²) in [7, 11) is -14.5. The molecule has 4 aromatic carbocycles. The quantitative estimate of drug-likeness (QED) is 0.0541. The molecule has 2 aliphatic heterocycles. The van der Waals surface area contributed by atoms with Gasteiger partial charge in [-0.15, -0.1) is 0 Å². The van der Waals surface area contributed by atoms with Crippen LogP contribution in [0.3, 0.4) is 0 Å². The minimum absolute atomic E-state index is 0.199. The Morgan fingerprint density at radius 2 is 0.463 bits per heavy atom. The second-order valence-electron chi connectivity index (χ2n) is 18.0. The lowest BCUT2D eigenvalue weighted by Gasteiger charge is -2.17. The molecule has 2 N–H and O–H groups in total. The van der Waals surface area contributed by atoms with Crippen molar-refractivity contribution < 1.29 is 54.5 Å². The number of hydrogen-bond acceptors (Lipinski definition) is 14. The van der Waals surface area contributed by atoms with Crippen molar-refractivity contribution in [3.05, 3.63) is 144 Å². The molecule has 0 aliphatic carbocycles. The number of rotatable bonds is 24. The summed E-state index contributed by atoms with van der Waals surface area (Å²) in [6.07, 6.45) is 7.85. The normalized spacial score (nSPS) is 12.9. The van der Waals surface area contributed by atoms with Gasteiger partial charge in [-0.05, 0) is 175 Å². The van der Waals surface area contributed by atoms with Crippen LogP contribution in [0.25, 0.3) is 90.9 Å². The molecule has 2 aliphatic rings. The molecule has 418 valence electrons. The third-order valence-corrected chi connectivity index (χ3v) is 21.5. The first-order chi connectivity index (χ1) is 38.7. The largest absolute Gasteiger partial charge is 0.361 e. The first kappa shape index (κ1) is 58.7. The molecule has 16 nitrogen and oxygen atoms in total. The van der Waals surface area contributed by atoms with Crippen LogP contribution >= 0.6 is 30.4 Å². The molecule has 0 amide bonds. The van der Waals surface area contributed by atoms with E-state index in [1.807, 2.05) is 97.1 Å². The Kier molecular flexibility index (Phi) is 18.7. The van der Waals surface area contributed by atoms with Gasteiger partial charge in [-0.2, -0.15) is 0 Å². The van der Waals surface area contributed by atoms with Gasteiger partial charge in [0.15, 0.2) is 0 Å². The summed E-state index contributed by atoms with van der Waals surface area (Å²) < 4.78 is 102. The summed E-state index contributed by atoms with van der Waals surface area (Å²) in [6.45, 7) is 15.8. The van der Waals surface area contributed by atoms with Gasteiger partial charge in [-0.25, -0.2) is 9.97 Å². The molecule has 8 bridgehead atoms. The Bertz CT molecular complexity index is 3280. The third-order valence-electron chi connectivity index (χ3n) is 13.0. The number of H-pyrrole nitrogens is 2. The molecular weight excluding hydrogens is 1090 g/mol. The highest BCUT2D eigenvalue weighted by molar-refractivity contribution is 7.63. The molecule has 5 heterocycles. The zero-order chi connectivity index (χ0) is 56.7. The maximum Gasteiger partial charge on any atom is 0.361 e. The van der Waals surface area contributed by atoms with Crippen molar-refractivity contribution in [1.29, 1.82) is 0 Å². The van der Waals surface area contributed by atoms with Crippen molar-refractivity contribution >= 4 is 98.0 Å². The van der Waals surface area contributed by atoms with Crippen molar-refractivity contribution in [1.82, 2.24) is 19.9 Å². The summed E-state index contributed by atoms with van der Waals surface area (Å²) in [6, 6.07) is 37.2. The van der Waals surface area contributed by atoms with Gasteiger partial charge >= 0.3 is 30.4 Å². The molecule has 3 aromatic heterocycles. The molecule has 9 rings (SSSR count). The van der Waals surface area contributed by atoms with E-state index in [0.717, 1.165) is 44.5 Å². The van der Waals surface area contributed by atoms with Gasteiger partial charge in [0, 0.05) is 44.3 Å². The van der Waals surface area contributed by atoms with E-state index in [-0.39, 0.29) is 52.9 Å². The van der Waals surface area contributed by atoms with E-state index in [0.29, 0.717) is 66.1 Å². The van der Waals surface area contributed by atoms with Gasteiger partial charge in [0.1, 0.15) is 0 Å². The molecule has 0 radical (unpaired) electrons. The lowest BCUT2D eigenvalue weighted by atomic mass is 10.0. The summed E-state index contributed by atoms with van der Waals surface area (Å²) >= 11 is 0. The highest BCUT2D eigenvalue weighted by Crippen LogP contribution is 2.51. The monoisotopic (exact) mass is 1160 g/mol. The number of hydrogen-bond donors (Lipinski definition) is 2. The Labute approximate surface area is 467 Å². The van der Waals surface area contributed by atoms with Crippen molar-refractivity contribution in [3.63, 3.8) is 0 Å². The van der Waals surface area contributed by atoms with Gasteiger partial charge in [-0.1, -0.05) is 48.5 Å². The van der Waals surface area contributed by atoms with Crippen molar-refractivity contribution in [2.24, 2.45) is 0 Å².